The molecule has 3 nitrogen and oxygen atoms in total. The van der Waals surface area contributed by atoms with Crippen molar-refractivity contribution in [2.45, 2.75) is 38.3 Å². The summed E-state index contributed by atoms with van der Waals surface area (Å²) in [6.07, 6.45) is 5.42. The fourth-order valence-corrected chi connectivity index (χ4v) is 3.58. The Morgan fingerprint density at radius 1 is 1.33 bits per heavy atom. The lowest BCUT2D eigenvalue weighted by Gasteiger charge is -2.30. The second-order valence-corrected chi connectivity index (χ2v) is 7.18. The summed E-state index contributed by atoms with van der Waals surface area (Å²) in [6.45, 7) is 4.63. The number of nitrogens with one attached hydrogen (secondary N) is 1. The van der Waals surface area contributed by atoms with E-state index < -0.39 is 0 Å². The van der Waals surface area contributed by atoms with Crippen LogP contribution >= 0.6 is 15.9 Å². The van der Waals surface area contributed by atoms with Crippen LogP contribution in [0.25, 0.3) is 0 Å². The van der Waals surface area contributed by atoms with Gasteiger partial charge in [0.05, 0.1) is 7.11 Å². The van der Waals surface area contributed by atoms with E-state index in [1.807, 2.05) is 6.07 Å². The van der Waals surface area contributed by atoms with Crippen LogP contribution in [-0.4, -0.2) is 37.7 Å². The first-order valence-electron chi connectivity index (χ1n) is 8.03. The van der Waals surface area contributed by atoms with E-state index in [4.69, 9.17) is 4.74 Å². The third kappa shape index (κ3) is 4.21. The average Bonchev–Trinajstić information content (AvgIpc) is 3.34. The number of methoxy groups -OCH3 is 1. The molecule has 1 heterocycles. The predicted molar refractivity (Wildman–Crippen MR) is 89.7 cm³/mol. The Bertz CT molecular complexity index is 470. The van der Waals surface area contributed by atoms with E-state index in [0.717, 1.165) is 24.3 Å². The largest absolute Gasteiger partial charge is 0.497 e. The fraction of sp³-hybridized carbons (Fsp3) is 0.647. The molecule has 1 atom stereocenters. The molecule has 0 aromatic heterocycles. The van der Waals surface area contributed by atoms with Gasteiger partial charge in [0.2, 0.25) is 0 Å². The number of rotatable bonds is 6. The Balaban J connectivity index is 1.67. The molecule has 1 aliphatic heterocycles. The highest BCUT2D eigenvalue weighted by Gasteiger charge is 2.31. The average molecular weight is 353 g/mol. The second-order valence-electron chi connectivity index (χ2n) is 6.33. The molecule has 0 radical (unpaired) electrons. The minimum Gasteiger partial charge on any atom is -0.497 e. The molecule has 1 saturated carbocycles. The van der Waals surface area contributed by atoms with Crippen LogP contribution < -0.4 is 10.1 Å². The molecule has 1 aromatic carbocycles. The summed E-state index contributed by atoms with van der Waals surface area (Å²) in [5.41, 5.74) is 1.34. The fourth-order valence-electron chi connectivity index (χ4n) is 3.21. The monoisotopic (exact) mass is 352 g/mol. The van der Waals surface area contributed by atoms with Crippen LogP contribution in [0.5, 0.6) is 5.75 Å². The lowest BCUT2D eigenvalue weighted by Crippen LogP contribution is -2.39. The molecule has 1 N–H and O–H groups in total. The van der Waals surface area contributed by atoms with E-state index in [9.17, 15) is 0 Å². The summed E-state index contributed by atoms with van der Waals surface area (Å²) in [5.74, 6) is 1.76. The zero-order chi connectivity index (χ0) is 14.7. The van der Waals surface area contributed by atoms with Crippen LogP contribution in [0.2, 0.25) is 0 Å². The molecular weight excluding hydrogens is 328 g/mol. The number of ether oxygens (including phenoxy) is 1. The maximum absolute atomic E-state index is 5.37. The van der Waals surface area contributed by atoms with Crippen molar-refractivity contribution in [3.63, 3.8) is 0 Å². The molecule has 0 spiro atoms. The van der Waals surface area contributed by atoms with Crippen LogP contribution in [0.3, 0.4) is 0 Å². The first-order valence-corrected chi connectivity index (χ1v) is 8.82. The molecule has 1 aliphatic carbocycles. The van der Waals surface area contributed by atoms with Gasteiger partial charge in [-0.1, -0.05) is 15.9 Å². The molecule has 1 aromatic rings. The normalized spacial score (nSPS) is 22.5. The van der Waals surface area contributed by atoms with E-state index in [1.165, 1.54) is 55.4 Å². The van der Waals surface area contributed by atoms with Gasteiger partial charge in [-0.15, -0.1) is 0 Å². The van der Waals surface area contributed by atoms with Crippen molar-refractivity contribution in [1.29, 1.82) is 0 Å². The summed E-state index contributed by atoms with van der Waals surface area (Å²) in [7, 11) is 1.74. The van der Waals surface area contributed by atoms with Gasteiger partial charge in [0.25, 0.3) is 0 Å². The van der Waals surface area contributed by atoms with E-state index >= 15 is 0 Å². The lowest BCUT2D eigenvalue weighted by molar-refractivity contribution is 0.192. The van der Waals surface area contributed by atoms with Crippen LogP contribution in [-0.2, 0) is 6.54 Å². The van der Waals surface area contributed by atoms with Crippen molar-refractivity contribution in [3.05, 3.63) is 28.2 Å². The lowest BCUT2D eigenvalue weighted by atomic mass is 9.98. The van der Waals surface area contributed by atoms with Gasteiger partial charge in [0.15, 0.2) is 0 Å². The van der Waals surface area contributed by atoms with E-state index in [0.29, 0.717) is 0 Å². The zero-order valence-corrected chi connectivity index (χ0v) is 14.4. The van der Waals surface area contributed by atoms with Gasteiger partial charge >= 0.3 is 0 Å². The van der Waals surface area contributed by atoms with Crippen molar-refractivity contribution in [2.24, 2.45) is 5.92 Å². The molecule has 0 bridgehead atoms. The molecule has 116 valence electrons. The van der Waals surface area contributed by atoms with Crippen molar-refractivity contribution >= 4 is 15.9 Å². The van der Waals surface area contributed by atoms with Crippen molar-refractivity contribution < 1.29 is 4.74 Å². The summed E-state index contributed by atoms with van der Waals surface area (Å²) < 4.78 is 6.56. The second kappa shape index (κ2) is 7.12. The molecular formula is C17H25BrN2O. The summed E-state index contributed by atoms with van der Waals surface area (Å²) in [6, 6.07) is 7.07. The SMILES string of the molecule is COc1ccc(Br)c(CN(CC2CCCNC2)C2CC2)c1. The minimum atomic E-state index is 0.796. The third-order valence-corrected chi connectivity index (χ3v) is 5.35. The molecule has 2 fully saturated rings. The van der Waals surface area contributed by atoms with Crippen molar-refractivity contribution in [2.75, 3.05) is 26.7 Å². The third-order valence-electron chi connectivity index (χ3n) is 4.58. The number of hydrogen-bond acceptors (Lipinski definition) is 3. The zero-order valence-electron chi connectivity index (χ0n) is 12.8. The van der Waals surface area contributed by atoms with Gasteiger partial charge in [0, 0.05) is 23.6 Å². The molecule has 1 unspecified atom stereocenters. The molecule has 4 heteroatoms. The van der Waals surface area contributed by atoms with Crippen LogP contribution in [0.4, 0.5) is 0 Å². The first kappa shape index (κ1) is 15.3. The predicted octanol–water partition coefficient (Wildman–Crippen LogP) is 3.42. The Labute approximate surface area is 136 Å². The van der Waals surface area contributed by atoms with Gasteiger partial charge in [-0.05, 0) is 68.5 Å². The van der Waals surface area contributed by atoms with E-state index in [1.54, 1.807) is 7.11 Å². The Hall–Kier alpha value is -0.580. The number of nitrogens with zero attached hydrogens (tertiary/aromatic N) is 1. The first-order chi connectivity index (χ1) is 10.3. The summed E-state index contributed by atoms with van der Waals surface area (Å²) >= 11 is 3.69. The highest BCUT2D eigenvalue weighted by atomic mass is 79.9. The molecule has 0 amide bonds. The van der Waals surface area contributed by atoms with Gasteiger partial charge in [0.1, 0.15) is 5.75 Å². The van der Waals surface area contributed by atoms with Gasteiger partial charge in [-0.2, -0.15) is 0 Å². The Morgan fingerprint density at radius 3 is 2.86 bits per heavy atom. The topological polar surface area (TPSA) is 24.5 Å². The van der Waals surface area contributed by atoms with Crippen LogP contribution in [0.1, 0.15) is 31.2 Å². The maximum atomic E-state index is 5.37. The minimum absolute atomic E-state index is 0.796. The number of halogens is 1. The van der Waals surface area contributed by atoms with Crippen molar-refractivity contribution in [3.8, 4) is 5.75 Å². The van der Waals surface area contributed by atoms with Gasteiger partial charge in [-0.25, -0.2) is 0 Å². The standard InChI is InChI=1S/C17H25BrN2O/c1-21-16-6-7-17(18)14(9-16)12-20(15-4-5-15)11-13-3-2-8-19-10-13/h6-7,9,13,15,19H,2-5,8,10-12H2,1H3. The van der Waals surface area contributed by atoms with E-state index in [-0.39, 0.29) is 0 Å². The highest BCUT2D eigenvalue weighted by molar-refractivity contribution is 9.10. The van der Waals surface area contributed by atoms with Gasteiger partial charge < -0.3 is 10.1 Å². The number of piperidine rings is 1. The molecule has 3 rings (SSSR count). The molecule has 2 aliphatic rings. The van der Waals surface area contributed by atoms with Crippen molar-refractivity contribution in [1.82, 2.24) is 10.2 Å². The number of benzene rings is 1. The van der Waals surface area contributed by atoms with E-state index in [2.05, 4.69) is 38.3 Å². The van der Waals surface area contributed by atoms with Crippen LogP contribution in [0.15, 0.2) is 22.7 Å². The summed E-state index contributed by atoms with van der Waals surface area (Å²) in [4.78, 5) is 2.68. The van der Waals surface area contributed by atoms with Crippen LogP contribution in [0, 0.1) is 5.92 Å². The maximum Gasteiger partial charge on any atom is 0.119 e. The highest BCUT2D eigenvalue weighted by Crippen LogP contribution is 2.32. The number of hydrogen-bond donors (Lipinski definition) is 1. The quantitative estimate of drug-likeness (QED) is 0.848. The smallest absolute Gasteiger partial charge is 0.119 e. The Kier molecular flexibility index (Phi) is 5.19. The Morgan fingerprint density at radius 2 is 2.19 bits per heavy atom. The van der Waals surface area contributed by atoms with Gasteiger partial charge in [-0.3, -0.25) is 4.90 Å². The molecule has 21 heavy (non-hydrogen) atoms. The molecule has 1 saturated heterocycles. The summed E-state index contributed by atoms with van der Waals surface area (Å²) in [5, 5.41) is 3.54.